The van der Waals surface area contributed by atoms with E-state index in [-0.39, 0.29) is 17.5 Å². The molecule has 8 nitrogen and oxygen atoms in total. The van der Waals surface area contributed by atoms with Crippen LogP contribution >= 0.6 is 0 Å². The van der Waals surface area contributed by atoms with Crippen LogP contribution in [-0.4, -0.2) is 60.0 Å². The molecular formula is C20H20N6O2. The molecule has 1 spiro atoms. The second-order valence-corrected chi connectivity index (χ2v) is 7.90. The number of amides is 2. The summed E-state index contributed by atoms with van der Waals surface area (Å²) in [6.45, 7) is 5.70. The Kier molecular flexibility index (Phi) is 3.66. The number of anilines is 2. The summed E-state index contributed by atoms with van der Waals surface area (Å²) in [4.78, 5) is 19.1. The van der Waals surface area contributed by atoms with Gasteiger partial charge < -0.3 is 14.5 Å². The van der Waals surface area contributed by atoms with E-state index in [1.54, 1.807) is 29.3 Å². The minimum atomic E-state index is -0.0537. The van der Waals surface area contributed by atoms with Crippen molar-refractivity contribution in [1.82, 2.24) is 15.1 Å². The number of hydrogen-bond acceptors (Lipinski definition) is 6. The smallest absolute Gasteiger partial charge is 0.325 e. The van der Waals surface area contributed by atoms with Crippen molar-refractivity contribution < 1.29 is 9.53 Å². The molecule has 2 amide bonds. The van der Waals surface area contributed by atoms with Gasteiger partial charge in [-0.25, -0.2) is 4.79 Å². The monoisotopic (exact) mass is 376 g/mol. The molecule has 0 bridgehead atoms. The lowest BCUT2D eigenvalue weighted by Crippen LogP contribution is -2.74. The molecule has 3 aliphatic rings. The van der Waals surface area contributed by atoms with Gasteiger partial charge in [-0.2, -0.15) is 10.4 Å². The van der Waals surface area contributed by atoms with Gasteiger partial charge in [0, 0.05) is 43.9 Å². The minimum absolute atomic E-state index is 0.00494. The molecule has 5 rings (SSSR count). The Balaban J connectivity index is 1.27. The molecule has 0 saturated carbocycles. The topological polar surface area (TPSA) is 85.6 Å². The van der Waals surface area contributed by atoms with Crippen LogP contribution < -0.4 is 14.5 Å². The first-order valence-corrected chi connectivity index (χ1v) is 9.36. The zero-order valence-electron chi connectivity index (χ0n) is 15.6. The number of fused-ring (bicyclic) bond motifs is 1. The van der Waals surface area contributed by atoms with Gasteiger partial charge in [0.15, 0.2) is 5.82 Å². The van der Waals surface area contributed by atoms with E-state index >= 15 is 0 Å². The number of ether oxygens (including phenoxy) is 1. The number of nitrogens with zero attached hydrogens (tertiary/aromatic N) is 6. The predicted octanol–water partition coefficient (Wildman–Crippen LogP) is 1.88. The van der Waals surface area contributed by atoms with Crippen molar-refractivity contribution in [2.45, 2.75) is 13.0 Å². The molecule has 1 aromatic carbocycles. The van der Waals surface area contributed by atoms with E-state index in [9.17, 15) is 4.79 Å². The summed E-state index contributed by atoms with van der Waals surface area (Å²) in [5.41, 5.74) is 1.43. The highest BCUT2D eigenvalue weighted by molar-refractivity contribution is 5.95. The second-order valence-electron chi connectivity index (χ2n) is 7.90. The van der Waals surface area contributed by atoms with Crippen molar-refractivity contribution in [3.05, 3.63) is 42.1 Å². The first kappa shape index (κ1) is 16.8. The number of likely N-dealkylation sites (tertiary alicyclic amines) is 1. The molecule has 28 heavy (non-hydrogen) atoms. The molecule has 0 aliphatic carbocycles. The Labute approximate surface area is 162 Å². The minimum Gasteiger partial charge on any atom is -0.489 e. The standard InChI is InChI=1S/C20H20N6O2/c1-14-9-28-17-7-15(8-21)4-5-16(17)26(14)19(27)25-12-20(13-25)10-24(11-20)18-3-2-6-22-23-18/h2-7,14H,9-13H2,1H3. The van der Waals surface area contributed by atoms with Crippen LogP contribution in [0.25, 0.3) is 0 Å². The summed E-state index contributed by atoms with van der Waals surface area (Å²) in [6, 6.07) is 11.1. The molecule has 0 radical (unpaired) electrons. The van der Waals surface area contributed by atoms with Crippen molar-refractivity contribution in [3.8, 4) is 11.8 Å². The Bertz CT molecular complexity index is 958. The van der Waals surface area contributed by atoms with E-state index in [0.717, 1.165) is 37.7 Å². The third-order valence-corrected chi connectivity index (χ3v) is 5.73. The summed E-state index contributed by atoms with van der Waals surface area (Å²) >= 11 is 0. The first-order chi connectivity index (χ1) is 13.6. The molecule has 142 valence electrons. The van der Waals surface area contributed by atoms with Crippen LogP contribution in [0.15, 0.2) is 36.5 Å². The largest absolute Gasteiger partial charge is 0.489 e. The van der Waals surface area contributed by atoms with Gasteiger partial charge >= 0.3 is 6.03 Å². The number of benzene rings is 1. The van der Waals surface area contributed by atoms with E-state index in [1.807, 2.05) is 24.0 Å². The van der Waals surface area contributed by atoms with Crippen LogP contribution in [0.3, 0.4) is 0 Å². The van der Waals surface area contributed by atoms with Gasteiger partial charge in [0.25, 0.3) is 0 Å². The van der Waals surface area contributed by atoms with Gasteiger partial charge in [-0.1, -0.05) is 0 Å². The van der Waals surface area contributed by atoms with Crippen LogP contribution in [0.5, 0.6) is 5.75 Å². The molecule has 2 aromatic rings. The Morgan fingerprint density at radius 2 is 2.11 bits per heavy atom. The maximum Gasteiger partial charge on any atom is 0.325 e. The number of hydrogen-bond donors (Lipinski definition) is 0. The summed E-state index contributed by atoms with van der Waals surface area (Å²) in [6.07, 6.45) is 1.67. The summed E-state index contributed by atoms with van der Waals surface area (Å²) in [7, 11) is 0. The quantitative estimate of drug-likeness (QED) is 0.755. The molecule has 2 saturated heterocycles. The highest BCUT2D eigenvalue weighted by atomic mass is 16.5. The summed E-state index contributed by atoms with van der Waals surface area (Å²) < 4.78 is 5.74. The molecular weight excluding hydrogens is 356 g/mol. The fraction of sp³-hybridized carbons (Fsp3) is 0.400. The van der Waals surface area contributed by atoms with E-state index in [2.05, 4.69) is 21.2 Å². The lowest BCUT2D eigenvalue weighted by Gasteiger charge is -2.61. The van der Waals surface area contributed by atoms with Gasteiger partial charge in [-0.05, 0) is 31.2 Å². The van der Waals surface area contributed by atoms with Crippen LogP contribution in [0, 0.1) is 16.7 Å². The molecule has 4 heterocycles. The van der Waals surface area contributed by atoms with Crippen LogP contribution in [-0.2, 0) is 0 Å². The van der Waals surface area contributed by atoms with Crippen LogP contribution in [0.2, 0.25) is 0 Å². The molecule has 2 fully saturated rings. The summed E-state index contributed by atoms with van der Waals surface area (Å²) in [5.74, 6) is 1.49. The van der Waals surface area contributed by atoms with E-state index in [0.29, 0.717) is 17.9 Å². The van der Waals surface area contributed by atoms with Gasteiger partial charge in [0.1, 0.15) is 12.4 Å². The second kappa shape index (κ2) is 6.09. The Hall–Kier alpha value is -3.34. The molecule has 1 atom stereocenters. The normalized spacial score (nSPS) is 21.9. The van der Waals surface area contributed by atoms with Crippen molar-refractivity contribution in [3.63, 3.8) is 0 Å². The zero-order chi connectivity index (χ0) is 19.3. The van der Waals surface area contributed by atoms with E-state index < -0.39 is 0 Å². The maximum atomic E-state index is 13.2. The lowest BCUT2D eigenvalue weighted by atomic mass is 9.73. The molecule has 1 aromatic heterocycles. The third kappa shape index (κ3) is 2.54. The zero-order valence-corrected chi connectivity index (χ0v) is 15.6. The molecule has 0 N–H and O–H groups in total. The average molecular weight is 376 g/mol. The number of nitriles is 1. The summed E-state index contributed by atoms with van der Waals surface area (Å²) in [5, 5.41) is 17.2. The van der Waals surface area contributed by atoms with Crippen LogP contribution in [0.1, 0.15) is 12.5 Å². The Morgan fingerprint density at radius 3 is 2.82 bits per heavy atom. The van der Waals surface area contributed by atoms with Gasteiger partial charge in [-0.3, -0.25) is 4.90 Å². The predicted molar refractivity (Wildman–Crippen MR) is 102 cm³/mol. The number of aromatic nitrogens is 2. The lowest BCUT2D eigenvalue weighted by molar-refractivity contribution is 0.00850. The highest BCUT2D eigenvalue weighted by Crippen LogP contribution is 2.43. The molecule has 8 heteroatoms. The van der Waals surface area contributed by atoms with Crippen molar-refractivity contribution in [1.29, 1.82) is 5.26 Å². The van der Waals surface area contributed by atoms with Gasteiger partial charge in [-0.15, -0.1) is 5.10 Å². The molecule has 3 aliphatic heterocycles. The van der Waals surface area contributed by atoms with Crippen molar-refractivity contribution in [2.24, 2.45) is 5.41 Å². The van der Waals surface area contributed by atoms with E-state index in [1.165, 1.54) is 0 Å². The third-order valence-electron chi connectivity index (χ3n) is 5.73. The number of carbonyl (C=O) groups is 1. The maximum absolute atomic E-state index is 13.2. The van der Waals surface area contributed by atoms with E-state index in [4.69, 9.17) is 10.00 Å². The first-order valence-electron chi connectivity index (χ1n) is 9.36. The number of carbonyl (C=O) groups excluding carboxylic acids is 1. The van der Waals surface area contributed by atoms with Crippen LogP contribution in [0.4, 0.5) is 16.3 Å². The average Bonchev–Trinajstić information content (AvgIpc) is 2.66. The van der Waals surface area contributed by atoms with Gasteiger partial charge in [0.05, 0.1) is 23.4 Å². The van der Waals surface area contributed by atoms with Gasteiger partial charge in [0.2, 0.25) is 0 Å². The Morgan fingerprint density at radius 1 is 1.29 bits per heavy atom. The molecule has 1 unspecified atom stereocenters. The number of urea groups is 1. The fourth-order valence-electron chi connectivity index (χ4n) is 4.35. The fourth-order valence-corrected chi connectivity index (χ4v) is 4.35. The van der Waals surface area contributed by atoms with Crippen molar-refractivity contribution in [2.75, 3.05) is 42.6 Å². The number of rotatable bonds is 1. The SMILES string of the molecule is CC1COc2cc(C#N)ccc2N1C(=O)N1CC2(C1)CN(c1cccnn1)C2. The van der Waals surface area contributed by atoms with Crippen molar-refractivity contribution >= 4 is 17.5 Å². The highest BCUT2D eigenvalue weighted by Gasteiger charge is 2.54.